The average molecular weight is 292 g/mol. The van der Waals surface area contributed by atoms with E-state index in [-0.39, 0.29) is 10.8 Å². The van der Waals surface area contributed by atoms with Crippen LogP contribution in [0.4, 0.5) is 0 Å². The lowest BCUT2D eigenvalue weighted by atomic mass is 9.71. The summed E-state index contributed by atoms with van der Waals surface area (Å²) in [5.74, 6) is -4.21. The monoisotopic (exact) mass is 292 g/mol. The summed E-state index contributed by atoms with van der Waals surface area (Å²) in [5, 5.41) is 18.6. The predicted molar refractivity (Wildman–Crippen MR) is 81.9 cm³/mol. The summed E-state index contributed by atoms with van der Waals surface area (Å²) in [6, 6.07) is 5.30. The van der Waals surface area contributed by atoms with Gasteiger partial charge >= 0.3 is 11.9 Å². The van der Waals surface area contributed by atoms with E-state index in [9.17, 15) is 19.8 Å². The van der Waals surface area contributed by atoms with E-state index in [1.165, 1.54) is 0 Å². The first kappa shape index (κ1) is 17.2. The van der Waals surface area contributed by atoms with Crippen LogP contribution in [0.1, 0.15) is 64.2 Å². The molecule has 0 spiro atoms. The number of carboxylic acid groups (broad SMARTS) is 2. The number of aliphatic carboxylic acids is 2. The first-order chi connectivity index (χ1) is 9.37. The molecule has 4 nitrogen and oxygen atoms in total. The van der Waals surface area contributed by atoms with Crippen molar-refractivity contribution in [1.82, 2.24) is 0 Å². The SMILES string of the molecule is CC(C)(C)c1cccc(C(C(=O)O)C(=O)O)c1C(C)(C)C. The molecular formula is C17H24O4. The van der Waals surface area contributed by atoms with Crippen molar-refractivity contribution in [1.29, 1.82) is 0 Å². The quantitative estimate of drug-likeness (QED) is 0.836. The van der Waals surface area contributed by atoms with Crippen LogP contribution in [0.2, 0.25) is 0 Å². The maximum atomic E-state index is 11.4. The van der Waals surface area contributed by atoms with E-state index in [1.807, 2.05) is 47.6 Å². The fraction of sp³-hybridized carbons (Fsp3) is 0.529. The van der Waals surface area contributed by atoms with Gasteiger partial charge in [0.15, 0.2) is 5.92 Å². The highest BCUT2D eigenvalue weighted by atomic mass is 16.4. The Morgan fingerprint density at radius 1 is 0.905 bits per heavy atom. The normalized spacial score (nSPS) is 12.5. The van der Waals surface area contributed by atoms with Crippen LogP contribution in [-0.2, 0) is 20.4 Å². The van der Waals surface area contributed by atoms with Gasteiger partial charge in [-0.25, -0.2) is 0 Å². The van der Waals surface area contributed by atoms with Gasteiger partial charge in [0.05, 0.1) is 0 Å². The molecule has 116 valence electrons. The van der Waals surface area contributed by atoms with Gasteiger partial charge in [0.25, 0.3) is 0 Å². The third-order valence-corrected chi connectivity index (χ3v) is 3.46. The molecule has 0 aromatic heterocycles. The van der Waals surface area contributed by atoms with E-state index in [0.717, 1.165) is 11.1 Å². The summed E-state index contributed by atoms with van der Waals surface area (Å²) in [5.41, 5.74) is 1.63. The number of hydrogen-bond acceptors (Lipinski definition) is 2. The van der Waals surface area contributed by atoms with Crippen LogP contribution in [0, 0.1) is 0 Å². The molecule has 0 atom stereocenters. The molecule has 0 bridgehead atoms. The zero-order chi connectivity index (χ0) is 16.6. The Morgan fingerprint density at radius 3 is 1.71 bits per heavy atom. The number of carboxylic acids is 2. The molecule has 0 aliphatic heterocycles. The molecule has 0 fully saturated rings. The van der Waals surface area contributed by atoms with E-state index in [1.54, 1.807) is 12.1 Å². The highest BCUT2D eigenvalue weighted by Gasteiger charge is 2.35. The van der Waals surface area contributed by atoms with E-state index in [4.69, 9.17) is 0 Å². The molecule has 21 heavy (non-hydrogen) atoms. The Labute approximate surface area is 125 Å². The Bertz CT molecular complexity index is 545. The molecule has 0 amide bonds. The largest absolute Gasteiger partial charge is 0.480 e. The fourth-order valence-electron chi connectivity index (χ4n) is 2.64. The lowest BCUT2D eigenvalue weighted by Crippen LogP contribution is -2.29. The third-order valence-electron chi connectivity index (χ3n) is 3.46. The molecule has 0 aliphatic carbocycles. The lowest BCUT2D eigenvalue weighted by molar-refractivity contribution is -0.150. The predicted octanol–water partition coefficient (Wildman–Crippen LogP) is 3.53. The fourth-order valence-corrected chi connectivity index (χ4v) is 2.64. The summed E-state index contributed by atoms with van der Waals surface area (Å²) in [7, 11) is 0. The van der Waals surface area contributed by atoms with Gasteiger partial charge in [0.2, 0.25) is 0 Å². The van der Waals surface area contributed by atoms with Gasteiger partial charge < -0.3 is 10.2 Å². The first-order valence-electron chi connectivity index (χ1n) is 6.97. The highest BCUT2D eigenvalue weighted by molar-refractivity contribution is 5.99. The first-order valence-corrected chi connectivity index (χ1v) is 6.97. The minimum absolute atomic E-state index is 0.194. The number of carbonyl (C=O) groups is 2. The van der Waals surface area contributed by atoms with Crippen LogP contribution in [0.25, 0.3) is 0 Å². The van der Waals surface area contributed by atoms with Crippen molar-refractivity contribution in [3.05, 3.63) is 34.9 Å². The molecule has 0 saturated carbocycles. The molecule has 0 aliphatic rings. The van der Waals surface area contributed by atoms with Crippen molar-refractivity contribution in [3.8, 4) is 0 Å². The van der Waals surface area contributed by atoms with E-state index in [2.05, 4.69) is 0 Å². The number of rotatable bonds is 3. The summed E-state index contributed by atoms with van der Waals surface area (Å²) < 4.78 is 0. The minimum atomic E-state index is -1.54. The van der Waals surface area contributed by atoms with Crippen LogP contribution in [0.3, 0.4) is 0 Å². The van der Waals surface area contributed by atoms with E-state index >= 15 is 0 Å². The molecule has 0 unspecified atom stereocenters. The summed E-state index contributed by atoms with van der Waals surface area (Å²) >= 11 is 0. The van der Waals surface area contributed by atoms with Gasteiger partial charge in [-0.1, -0.05) is 59.7 Å². The van der Waals surface area contributed by atoms with Gasteiger partial charge in [0, 0.05) is 0 Å². The van der Waals surface area contributed by atoms with Crippen molar-refractivity contribution in [2.24, 2.45) is 0 Å². The van der Waals surface area contributed by atoms with Gasteiger partial charge in [-0.05, 0) is 27.5 Å². The molecule has 0 saturated heterocycles. The minimum Gasteiger partial charge on any atom is -0.480 e. The molecule has 1 rings (SSSR count). The van der Waals surface area contributed by atoms with Crippen molar-refractivity contribution < 1.29 is 19.8 Å². The molecule has 0 heterocycles. The van der Waals surface area contributed by atoms with E-state index in [0.29, 0.717) is 5.56 Å². The number of hydrogen-bond donors (Lipinski definition) is 2. The van der Waals surface area contributed by atoms with Crippen molar-refractivity contribution in [3.63, 3.8) is 0 Å². The molecule has 4 heteroatoms. The Hall–Kier alpha value is -1.84. The zero-order valence-electron chi connectivity index (χ0n) is 13.5. The smallest absolute Gasteiger partial charge is 0.322 e. The lowest BCUT2D eigenvalue weighted by Gasteiger charge is -2.33. The van der Waals surface area contributed by atoms with Crippen molar-refractivity contribution in [2.75, 3.05) is 0 Å². The van der Waals surface area contributed by atoms with Crippen molar-refractivity contribution in [2.45, 2.75) is 58.3 Å². The van der Waals surface area contributed by atoms with Crippen LogP contribution in [0.5, 0.6) is 0 Å². The maximum absolute atomic E-state index is 11.4. The Balaban J connectivity index is 3.75. The summed E-state index contributed by atoms with van der Waals surface area (Å²) in [4.78, 5) is 22.8. The Kier molecular flexibility index (Phi) is 4.51. The molecule has 0 radical (unpaired) electrons. The van der Waals surface area contributed by atoms with Crippen LogP contribution >= 0.6 is 0 Å². The summed E-state index contributed by atoms with van der Waals surface area (Å²) in [6.45, 7) is 12.0. The molecular weight excluding hydrogens is 268 g/mol. The third kappa shape index (κ3) is 3.63. The van der Waals surface area contributed by atoms with Crippen molar-refractivity contribution >= 4 is 11.9 Å². The topological polar surface area (TPSA) is 74.6 Å². The van der Waals surface area contributed by atoms with Gasteiger partial charge in [-0.2, -0.15) is 0 Å². The number of benzene rings is 1. The van der Waals surface area contributed by atoms with Crippen LogP contribution < -0.4 is 0 Å². The molecule has 1 aromatic carbocycles. The second kappa shape index (κ2) is 5.51. The Morgan fingerprint density at radius 2 is 1.38 bits per heavy atom. The van der Waals surface area contributed by atoms with Gasteiger partial charge in [-0.15, -0.1) is 0 Å². The zero-order valence-corrected chi connectivity index (χ0v) is 13.5. The van der Waals surface area contributed by atoms with Crippen LogP contribution in [-0.4, -0.2) is 22.2 Å². The van der Waals surface area contributed by atoms with E-state index < -0.39 is 17.9 Å². The molecule has 2 N–H and O–H groups in total. The maximum Gasteiger partial charge on any atom is 0.322 e. The molecule has 1 aromatic rings. The van der Waals surface area contributed by atoms with Crippen LogP contribution in [0.15, 0.2) is 18.2 Å². The standard InChI is InChI=1S/C17H24O4/c1-16(2,3)11-9-7-8-10(13(11)17(4,5)6)12(14(18)19)15(20)21/h7-9,12H,1-6H3,(H,18,19)(H,20,21). The summed E-state index contributed by atoms with van der Waals surface area (Å²) in [6.07, 6.45) is 0. The second-order valence-corrected chi connectivity index (χ2v) is 7.38. The van der Waals surface area contributed by atoms with Gasteiger partial charge in [-0.3, -0.25) is 9.59 Å². The average Bonchev–Trinajstić information content (AvgIpc) is 2.24. The highest BCUT2D eigenvalue weighted by Crippen LogP contribution is 2.39. The second-order valence-electron chi connectivity index (χ2n) is 7.38. The van der Waals surface area contributed by atoms with Gasteiger partial charge in [0.1, 0.15) is 0 Å².